The van der Waals surface area contributed by atoms with Crippen LogP contribution in [0.25, 0.3) is 0 Å². The van der Waals surface area contributed by atoms with Crippen molar-refractivity contribution in [3.63, 3.8) is 0 Å². The third-order valence-corrected chi connectivity index (χ3v) is 3.03. The Hall–Kier alpha value is -1.18. The van der Waals surface area contributed by atoms with Crippen LogP contribution < -0.4 is 0 Å². The lowest BCUT2D eigenvalue weighted by Crippen LogP contribution is -1.95. The van der Waals surface area contributed by atoms with Gasteiger partial charge in [0.25, 0.3) is 0 Å². The normalized spacial score (nSPS) is 10.8. The first-order valence-electron chi connectivity index (χ1n) is 4.17. The average Bonchev–Trinajstić information content (AvgIpc) is 2.77. The number of ketones is 1. The predicted octanol–water partition coefficient (Wildman–Crippen LogP) is 2.79. The quantitative estimate of drug-likeness (QED) is 0.341. The van der Waals surface area contributed by atoms with Gasteiger partial charge in [-0.2, -0.15) is 0 Å². The summed E-state index contributed by atoms with van der Waals surface area (Å²) in [5.41, 5.74) is 0. The van der Waals surface area contributed by atoms with Crippen molar-refractivity contribution in [1.82, 2.24) is 0 Å². The van der Waals surface area contributed by atoms with E-state index < -0.39 is 0 Å². The van der Waals surface area contributed by atoms with Gasteiger partial charge in [-0.05, 0) is 17.7 Å². The van der Waals surface area contributed by atoms with Gasteiger partial charge < -0.3 is 4.74 Å². The zero-order valence-corrected chi connectivity index (χ0v) is 9.86. The molecule has 1 heterocycles. The molecule has 4 heteroatoms. The third-order valence-electron chi connectivity index (χ3n) is 1.51. The number of carbonyl (C=O) groups is 1. The van der Waals surface area contributed by atoms with Crippen LogP contribution in [0.5, 0.6) is 0 Å². The van der Waals surface area contributed by atoms with Gasteiger partial charge in [0, 0.05) is 6.08 Å². The van der Waals surface area contributed by atoms with Crippen LogP contribution in [0.2, 0.25) is 0 Å². The maximum absolute atomic E-state index is 11.6. The molecule has 0 saturated carbocycles. The number of terminal acetylenes is 1. The molecular weight excluding hydrogens is 228 g/mol. The summed E-state index contributed by atoms with van der Waals surface area (Å²) in [7, 11) is 0. The van der Waals surface area contributed by atoms with E-state index in [1.807, 2.05) is 17.7 Å². The molecule has 0 bridgehead atoms. The minimum Gasteiger partial charge on any atom is -0.475 e. The number of hydrogen-bond donors (Lipinski definition) is 0. The second-order valence-electron chi connectivity index (χ2n) is 2.50. The van der Waals surface area contributed by atoms with Crippen LogP contribution in [0.1, 0.15) is 9.67 Å². The number of thiophene rings is 1. The van der Waals surface area contributed by atoms with E-state index in [9.17, 15) is 4.79 Å². The lowest BCUT2D eigenvalue weighted by atomic mass is 10.3. The first kappa shape index (κ1) is 11.9. The van der Waals surface area contributed by atoms with Crippen LogP contribution in [-0.2, 0) is 4.74 Å². The highest BCUT2D eigenvalue weighted by Gasteiger charge is 2.05. The highest BCUT2D eigenvalue weighted by molar-refractivity contribution is 8.02. The fourth-order valence-electron chi connectivity index (χ4n) is 0.869. The minimum absolute atomic E-state index is 0.0497. The van der Waals surface area contributed by atoms with Gasteiger partial charge in [0.1, 0.15) is 6.61 Å². The lowest BCUT2D eigenvalue weighted by Gasteiger charge is -2.02. The summed E-state index contributed by atoms with van der Waals surface area (Å²) in [6.07, 6.45) is 8.37. The van der Waals surface area contributed by atoms with Crippen molar-refractivity contribution >= 4 is 28.9 Å². The zero-order valence-electron chi connectivity index (χ0n) is 8.23. The van der Waals surface area contributed by atoms with Gasteiger partial charge in [-0.3, -0.25) is 4.79 Å². The van der Waals surface area contributed by atoms with Crippen molar-refractivity contribution < 1.29 is 9.53 Å². The van der Waals surface area contributed by atoms with Gasteiger partial charge >= 0.3 is 0 Å². The molecule has 0 aliphatic rings. The van der Waals surface area contributed by atoms with Crippen LogP contribution in [0.3, 0.4) is 0 Å². The van der Waals surface area contributed by atoms with E-state index >= 15 is 0 Å². The van der Waals surface area contributed by atoms with Crippen LogP contribution in [0, 0.1) is 12.3 Å². The van der Waals surface area contributed by atoms with Gasteiger partial charge in [0.15, 0.2) is 10.9 Å². The van der Waals surface area contributed by atoms with E-state index in [4.69, 9.17) is 11.2 Å². The largest absolute Gasteiger partial charge is 0.475 e. The summed E-state index contributed by atoms with van der Waals surface area (Å²) in [5.74, 6) is 2.31. The number of carbonyl (C=O) groups excluding carboxylic acids is 1. The number of hydrogen-bond acceptors (Lipinski definition) is 4. The van der Waals surface area contributed by atoms with Crippen molar-refractivity contribution in [2.75, 3.05) is 12.9 Å². The monoisotopic (exact) mass is 238 g/mol. The molecule has 0 aromatic carbocycles. The molecule has 0 saturated heterocycles. The molecule has 0 atom stereocenters. The van der Waals surface area contributed by atoms with Gasteiger partial charge in [0.05, 0.1) is 4.88 Å². The van der Waals surface area contributed by atoms with Crippen LogP contribution in [0.4, 0.5) is 0 Å². The Balaban J connectivity index is 2.68. The predicted molar refractivity (Wildman–Crippen MR) is 65.0 cm³/mol. The molecule has 0 radical (unpaired) electrons. The smallest absolute Gasteiger partial charge is 0.200 e. The van der Waals surface area contributed by atoms with Crippen molar-refractivity contribution in [1.29, 1.82) is 0 Å². The van der Waals surface area contributed by atoms with E-state index in [1.165, 1.54) is 29.2 Å². The number of thioether (sulfide) groups is 1. The molecule has 0 amide bonds. The number of rotatable bonds is 5. The van der Waals surface area contributed by atoms with Gasteiger partial charge in [0.2, 0.25) is 0 Å². The summed E-state index contributed by atoms with van der Waals surface area (Å²) in [4.78, 5) is 12.3. The Morgan fingerprint density at radius 1 is 1.80 bits per heavy atom. The molecule has 0 unspecified atom stereocenters. The summed E-state index contributed by atoms with van der Waals surface area (Å²) in [5, 5.41) is 2.41. The van der Waals surface area contributed by atoms with Gasteiger partial charge in [-0.15, -0.1) is 17.8 Å². The summed E-state index contributed by atoms with van der Waals surface area (Å²) < 4.78 is 5.18. The van der Waals surface area contributed by atoms with Crippen molar-refractivity contribution in [2.24, 2.45) is 0 Å². The molecule has 0 aliphatic carbocycles. The van der Waals surface area contributed by atoms with Gasteiger partial charge in [-0.25, -0.2) is 0 Å². The Labute approximate surface area is 97.3 Å². The molecular formula is C11H10O2S2. The molecule has 1 aromatic heterocycles. The van der Waals surface area contributed by atoms with Crippen LogP contribution in [0.15, 0.2) is 28.7 Å². The van der Waals surface area contributed by atoms with E-state index in [0.717, 1.165) is 0 Å². The highest BCUT2D eigenvalue weighted by atomic mass is 32.2. The Kier molecular flexibility index (Phi) is 5.02. The summed E-state index contributed by atoms with van der Waals surface area (Å²) in [6.45, 7) is 0.185. The fourth-order valence-corrected chi connectivity index (χ4v) is 1.91. The van der Waals surface area contributed by atoms with Crippen molar-refractivity contribution in [3.8, 4) is 12.3 Å². The Morgan fingerprint density at radius 3 is 3.13 bits per heavy atom. The number of allylic oxidation sites excluding steroid dienone is 1. The van der Waals surface area contributed by atoms with E-state index in [-0.39, 0.29) is 12.4 Å². The van der Waals surface area contributed by atoms with E-state index in [1.54, 1.807) is 6.07 Å². The number of ether oxygens (including phenoxy) is 1. The fraction of sp³-hybridized carbons (Fsp3) is 0.182. The molecule has 78 valence electrons. The maximum atomic E-state index is 11.6. The van der Waals surface area contributed by atoms with Crippen LogP contribution in [-0.4, -0.2) is 18.6 Å². The minimum atomic E-state index is -0.0497. The molecule has 1 rings (SSSR count). The van der Waals surface area contributed by atoms with Crippen molar-refractivity contribution in [3.05, 3.63) is 33.6 Å². The Bertz CT molecular complexity index is 385. The van der Waals surface area contributed by atoms with E-state index in [0.29, 0.717) is 9.97 Å². The standard InChI is InChI=1S/C11H10O2S2/c1-3-6-13-11(14-2)8-9(12)10-5-4-7-15-10/h1,4-5,7-8H,6H2,2H3/b11-8-. The molecule has 2 nitrogen and oxygen atoms in total. The second-order valence-corrected chi connectivity index (χ2v) is 4.26. The first-order valence-corrected chi connectivity index (χ1v) is 6.28. The molecule has 15 heavy (non-hydrogen) atoms. The summed E-state index contributed by atoms with van der Waals surface area (Å²) in [6, 6.07) is 3.62. The summed E-state index contributed by atoms with van der Waals surface area (Å²) >= 11 is 2.77. The molecule has 1 aromatic rings. The Morgan fingerprint density at radius 2 is 2.60 bits per heavy atom. The second kappa shape index (κ2) is 6.33. The van der Waals surface area contributed by atoms with E-state index in [2.05, 4.69) is 5.92 Å². The molecule has 0 N–H and O–H groups in total. The molecule has 0 aliphatic heterocycles. The SMILES string of the molecule is C#CCO/C(=C/C(=O)c1cccs1)SC. The first-order chi connectivity index (χ1) is 7.27. The lowest BCUT2D eigenvalue weighted by molar-refractivity contribution is 0.104. The molecule has 0 spiro atoms. The van der Waals surface area contributed by atoms with Crippen LogP contribution >= 0.6 is 23.1 Å². The third kappa shape index (κ3) is 3.82. The molecule has 0 fully saturated rings. The highest BCUT2D eigenvalue weighted by Crippen LogP contribution is 2.16. The topological polar surface area (TPSA) is 26.3 Å². The van der Waals surface area contributed by atoms with Crippen molar-refractivity contribution in [2.45, 2.75) is 0 Å². The zero-order chi connectivity index (χ0) is 11.1. The van der Waals surface area contributed by atoms with Gasteiger partial charge in [-0.1, -0.05) is 23.7 Å². The maximum Gasteiger partial charge on any atom is 0.200 e. The average molecular weight is 238 g/mol.